The van der Waals surface area contributed by atoms with E-state index in [-0.39, 0.29) is 11.6 Å². The number of halogens is 1. The second kappa shape index (κ2) is 5.57. The second-order valence-electron chi connectivity index (χ2n) is 4.78. The Morgan fingerprint density at radius 3 is 2.89 bits per heavy atom. The van der Waals surface area contributed by atoms with Gasteiger partial charge in [-0.25, -0.2) is 0 Å². The second-order valence-corrected chi connectivity index (χ2v) is 5.19. The third-order valence-corrected chi connectivity index (χ3v) is 3.92. The largest absolute Gasteiger partial charge is 0.365 e. The number of carbonyl (C=O) groups excluding carboxylic acids is 1. The molecule has 6 heteroatoms. The Morgan fingerprint density at radius 2 is 2.26 bits per heavy atom. The lowest BCUT2D eigenvalue weighted by Gasteiger charge is -2.32. The summed E-state index contributed by atoms with van der Waals surface area (Å²) in [4.78, 5) is 23.6. The molecular formula is C13H15ClN2O3. The molecule has 1 unspecified atom stereocenters. The van der Waals surface area contributed by atoms with Crippen molar-refractivity contribution in [1.29, 1.82) is 0 Å². The molecule has 1 heterocycles. The van der Waals surface area contributed by atoms with E-state index in [4.69, 9.17) is 11.6 Å². The van der Waals surface area contributed by atoms with Gasteiger partial charge in [0.05, 0.1) is 4.92 Å². The molecule has 0 amide bonds. The van der Waals surface area contributed by atoms with Gasteiger partial charge in [0.15, 0.2) is 0 Å². The quantitative estimate of drug-likeness (QED) is 0.486. The van der Waals surface area contributed by atoms with E-state index in [9.17, 15) is 14.9 Å². The number of anilines is 1. The molecule has 1 aromatic rings. The van der Waals surface area contributed by atoms with Gasteiger partial charge < -0.3 is 9.69 Å². The topological polar surface area (TPSA) is 63.5 Å². The van der Waals surface area contributed by atoms with Gasteiger partial charge in [-0.1, -0.05) is 11.6 Å². The molecule has 0 radical (unpaired) electrons. The fourth-order valence-corrected chi connectivity index (χ4v) is 2.68. The number of nitrogens with zero attached hydrogens (tertiary/aromatic N) is 2. The van der Waals surface area contributed by atoms with Crippen molar-refractivity contribution in [2.75, 3.05) is 18.0 Å². The summed E-state index contributed by atoms with van der Waals surface area (Å²) in [6, 6.07) is 2.97. The summed E-state index contributed by atoms with van der Waals surface area (Å²) in [5, 5.41) is 11.7. The average Bonchev–Trinajstić information content (AvgIpc) is 2.41. The van der Waals surface area contributed by atoms with Crippen LogP contribution < -0.4 is 4.90 Å². The highest BCUT2D eigenvalue weighted by Gasteiger charge is 2.27. The molecule has 1 aliphatic heterocycles. The van der Waals surface area contributed by atoms with Gasteiger partial charge in [-0.15, -0.1) is 0 Å². The molecule has 1 atom stereocenters. The Labute approximate surface area is 116 Å². The molecule has 0 aliphatic carbocycles. The van der Waals surface area contributed by atoms with Gasteiger partial charge in [0.2, 0.25) is 0 Å². The zero-order valence-corrected chi connectivity index (χ0v) is 11.4. The van der Waals surface area contributed by atoms with Gasteiger partial charge >= 0.3 is 0 Å². The molecule has 19 heavy (non-hydrogen) atoms. The Morgan fingerprint density at radius 1 is 1.53 bits per heavy atom. The van der Waals surface area contributed by atoms with Gasteiger partial charge in [-0.2, -0.15) is 0 Å². The maximum atomic E-state index is 11.1. The Hall–Kier alpha value is -1.62. The van der Waals surface area contributed by atoms with Crippen LogP contribution >= 0.6 is 11.6 Å². The summed E-state index contributed by atoms with van der Waals surface area (Å²) in [6.07, 6.45) is 2.62. The van der Waals surface area contributed by atoms with Gasteiger partial charge in [0.25, 0.3) is 5.69 Å². The summed E-state index contributed by atoms with van der Waals surface area (Å²) in [7, 11) is 0. The summed E-state index contributed by atoms with van der Waals surface area (Å²) in [5.41, 5.74) is 1.29. The Kier molecular flexibility index (Phi) is 4.04. The first-order valence-corrected chi connectivity index (χ1v) is 6.56. The number of nitro benzene ring substituents is 1. The highest BCUT2D eigenvalue weighted by Crippen LogP contribution is 2.37. The van der Waals surface area contributed by atoms with Crippen LogP contribution in [0.5, 0.6) is 0 Å². The van der Waals surface area contributed by atoms with Crippen molar-refractivity contribution in [3.8, 4) is 0 Å². The van der Waals surface area contributed by atoms with Gasteiger partial charge in [-0.3, -0.25) is 10.1 Å². The Bertz CT molecular complexity index is 519. The van der Waals surface area contributed by atoms with E-state index in [1.54, 1.807) is 13.0 Å². The molecule has 0 spiro atoms. The first-order valence-electron chi connectivity index (χ1n) is 6.18. The van der Waals surface area contributed by atoms with Crippen LogP contribution in [-0.4, -0.2) is 24.3 Å². The molecular weight excluding hydrogens is 268 g/mol. The highest BCUT2D eigenvalue weighted by atomic mass is 35.5. The lowest BCUT2D eigenvalue weighted by Crippen LogP contribution is -2.36. The number of aldehydes is 1. The van der Waals surface area contributed by atoms with Crippen molar-refractivity contribution >= 4 is 29.3 Å². The monoisotopic (exact) mass is 282 g/mol. The van der Waals surface area contributed by atoms with Crippen molar-refractivity contribution in [3.63, 3.8) is 0 Å². The predicted molar refractivity (Wildman–Crippen MR) is 73.8 cm³/mol. The van der Waals surface area contributed by atoms with Gasteiger partial charge in [-0.05, 0) is 31.4 Å². The Balaban J connectivity index is 2.44. The minimum Gasteiger partial charge on any atom is -0.365 e. The molecule has 1 aromatic carbocycles. The first-order chi connectivity index (χ1) is 9.04. The lowest BCUT2D eigenvalue weighted by molar-refractivity contribution is -0.384. The minimum absolute atomic E-state index is 0.0495. The fraction of sp³-hybridized carbons (Fsp3) is 0.462. The standard InChI is InChI=1S/C13H15ClN2O3/c1-9-11(14)4-5-12(16(18)19)13(9)15-6-2-3-10(7-15)8-17/h4-5,8,10H,2-3,6-7H2,1H3. The minimum atomic E-state index is -0.400. The SMILES string of the molecule is Cc1c(Cl)ccc([N+](=O)[O-])c1N1CCCC(C=O)C1. The van der Waals surface area contributed by atoms with Crippen LogP contribution in [0.1, 0.15) is 18.4 Å². The smallest absolute Gasteiger partial charge is 0.292 e. The van der Waals surface area contributed by atoms with Crippen molar-refractivity contribution in [1.82, 2.24) is 0 Å². The molecule has 102 valence electrons. The van der Waals surface area contributed by atoms with E-state index < -0.39 is 4.92 Å². The van der Waals surface area contributed by atoms with Crippen LogP contribution in [0.4, 0.5) is 11.4 Å². The molecule has 2 rings (SSSR count). The zero-order valence-electron chi connectivity index (χ0n) is 10.6. The molecule has 0 aromatic heterocycles. The van der Waals surface area contributed by atoms with E-state index in [0.29, 0.717) is 29.4 Å². The maximum Gasteiger partial charge on any atom is 0.292 e. The summed E-state index contributed by atoms with van der Waals surface area (Å²) < 4.78 is 0. The van der Waals surface area contributed by atoms with Crippen molar-refractivity contribution in [3.05, 3.63) is 32.8 Å². The third kappa shape index (κ3) is 2.71. The predicted octanol–water partition coefficient (Wildman–Crippen LogP) is 2.97. The van der Waals surface area contributed by atoms with Crippen LogP contribution in [0.25, 0.3) is 0 Å². The van der Waals surface area contributed by atoms with Crippen molar-refractivity contribution < 1.29 is 9.72 Å². The zero-order chi connectivity index (χ0) is 14.0. The molecule has 5 nitrogen and oxygen atoms in total. The average molecular weight is 283 g/mol. The highest BCUT2D eigenvalue weighted by molar-refractivity contribution is 6.31. The number of hydrogen-bond donors (Lipinski definition) is 0. The summed E-state index contributed by atoms with van der Waals surface area (Å²) >= 11 is 6.06. The summed E-state index contributed by atoms with van der Waals surface area (Å²) in [5.74, 6) is -0.0632. The number of hydrogen-bond acceptors (Lipinski definition) is 4. The van der Waals surface area contributed by atoms with Gasteiger partial charge in [0, 0.05) is 30.1 Å². The van der Waals surface area contributed by atoms with Crippen molar-refractivity contribution in [2.24, 2.45) is 5.92 Å². The van der Waals surface area contributed by atoms with E-state index in [1.165, 1.54) is 6.07 Å². The number of piperidine rings is 1. The molecule has 1 aliphatic rings. The van der Waals surface area contributed by atoms with E-state index >= 15 is 0 Å². The molecule has 0 saturated carbocycles. The van der Waals surface area contributed by atoms with Crippen LogP contribution in [0.3, 0.4) is 0 Å². The lowest BCUT2D eigenvalue weighted by atomic mass is 9.98. The number of rotatable bonds is 3. The normalized spacial score (nSPS) is 19.3. The van der Waals surface area contributed by atoms with Gasteiger partial charge in [0.1, 0.15) is 12.0 Å². The van der Waals surface area contributed by atoms with Crippen molar-refractivity contribution in [2.45, 2.75) is 19.8 Å². The first kappa shape index (κ1) is 13.8. The number of nitro groups is 1. The van der Waals surface area contributed by atoms with Crippen LogP contribution in [-0.2, 0) is 4.79 Å². The third-order valence-electron chi connectivity index (χ3n) is 3.51. The maximum absolute atomic E-state index is 11.1. The fourth-order valence-electron chi connectivity index (χ4n) is 2.53. The van der Waals surface area contributed by atoms with E-state index in [2.05, 4.69) is 0 Å². The molecule has 1 saturated heterocycles. The van der Waals surface area contributed by atoms with E-state index in [0.717, 1.165) is 19.1 Å². The number of benzene rings is 1. The molecule has 0 bridgehead atoms. The van der Waals surface area contributed by atoms with E-state index in [1.807, 2.05) is 4.90 Å². The number of carbonyl (C=O) groups is 1. The van der Waals surface area contributed by atoms with Crippen LogP contribution in [0.2, 0.25) is 5.02 Å². The summed E-state index contributed by atoms with van der Waals surface area (Å²) in [6.45, 7) is 3.01. The van der Waals surface area contributed by atoms with Crippen LogP contribution in [0, 0.1) is 23.0 Å². The van der Waals surface area contributed by atoms with Crippen LogP contribution in [0.15, 0.2) is 12.1 Å². The molecule has 0 N–H and O–H groups in total. The molecule has 1 fully saturated rings.